The lowest BCUT2D eigenvalue weighted by Crippen LogP contribution is -1.98. The highest BCUT2D eigenvalue weighted by atomic mass is 19.3. The minimum absolute atomic E-state index is 0.652. The number of aryl methyl sites for hydroxylation is 1. The first kappa shape index (κ1) is 7.18. The van der Waals surface area contributed by atoms with Crippen LogP contribution >= 0.6 is 0 Å². The molecule has 1 heterocycles. The van der Waals surface area contributed by atoms with Crippen LogP contribution in [0.1, 0.15) is 19.2 Å². The van der Waals surface area contributed by atoms with E-state index in [0.717, 1.165) is 0 Å². The lowest BCUT2D eigenvalue weighted by atomic mass is 10.4. The number of alkyl halides is 2. The van der Waals surface area contributed by atoms with E-state index in [9.17, 15) is 8.78 Å². The van der Waals surface area contributed by atoms with Crippen molar-refractivity contribution in [3.05, 3.63) is 18.0 Å². The van der Waals surface area contributed by atoms with Crippen molar-refractivity contribution in [3.63, 3.8) is 0 Å². The molecular formula is C6H8F2N2. The molecule has 2 nitrogen and oxygen atoms in total. The van der Waals surface area contributed by atoms with Gasteiger partial charge in [-0.2, -0.15) is 13.9 Å². The maximum Gasteiger partial charge on any atom is 0.333 e. The van der Waals surface area contributed by atoms with Crippen LogP contribution < -0.4 is 0 Å². The van der Waals surface area contributed by atoms with E-state index in [2.05, 4.69) is 5.10 Å². The van der Waals surface area contributed by atoms with E-state index in [1.807, 2.05) is 6.92 Å². The van der Waals surface area contributed by atoms with Gasteiger partial charge in [0.2, 0.25) is 0 Å². The molecule has 0 aliphatic carbocycles. The van der Waals surface area contributed by atoms with Crippen molar-refractivity contribution < 1.29 is 8.78 Å². The van der Waals surface area contributed by atoms with Crippen LogP contribution in [0.2, 0.25) is 0 Å². The smallest absolute Gasteiger partial charge is 0.211 e. The number of halogens is 2. The Labute approximate surface area is 57.5 Å². The molecule has 0 bridgehead atoms. The summed E-state index contributed by atoms with van der Waals surface area (Å²) >= 11 is 0. The Bertz CT molecular complexity index is 207. The van der Waals surface area contributed by atoms with Gasteiger partial charge in [-0.1, -0.05) is 6.92 Å². The van der Waals surface area contributed by atoms with Crippen molar-refractivity contribution in [3.8, 4) is 0 Å². The molecule has 1 aromatic rings. The zero-order chi connectivity index (χ0) is 7.56. The van der Waals surface area contributed by atoms with Crippen LogP contribution in [0.4, 0.5) is 8.78 Å². The zero-order valence-electron chi connectivity index (χ0n) is 5.59. The normalized spacial score (nSPS) is 10.8. The summed E-state index contributed by atoms with van der Waals surface area (Å²) in [5, 5.41) is 3.59. The number of aromatic nitrogens is 2. The molecule has 0 aliphatic heterocycles. The third-order valence-electron chi connectivity index (χ3n) is 1.23. The van der Waals surface area contributed by atoms with Gasteiger partial charge >= 0.3 is 6.55 Å². The van der Waals surface area contributed by atoms with E-state index in [4.69, 9.17) is 0 Å². The highest BCUT2D eigenvalue weighted by molar-refractivity contribution is 4.97. The van der Waals surface area contributed by atoms with Crippen LogP contribution in [-0.2, 0) is 6.42 Å². The molecular weight excluding hydrogens is 138 g/mol. The Morgan fingerprint density at radius 3 is 2.70 bits per heavy atom. The number of rotatable bonds is 2. The topological polar surface area (TPSA) is 17.8 Å². The van der Waals surface area contributed by atoms with Gasteiger partial charge in [0.15, 0.2) is 0 Å². The molecule has 0 spiro atoms. The van der Waals surface area contributed by atoms with Crippen molar-refractivity contribution >= 4 is 0 Å². The minimum Gasteiger partial charge on any atom is -0.211 e. The molecule has 0 aliphatic rings. The fourth-order valence-electron chi connectivity index (χ4n) is 0.675. The van der Waals surface area contributed by atoms with Crippen LogP contribution in [0.15, 0.2) is 12.3 Å². The van der Waals surface area contributed by atoms with Gasteiger partial charge in [0.1, 0.15) is 0 Å². The predicted molar refractivity (Wildman–Crippen MR) is 32.9 cm³/mol. The third kappa shape index (κ3) is 1.32. The Hall–Kier alpha value is -0.930. The molecule has 10 heavy (non-hydrogen) atoms. The quantitative estimate of drug-likeness (QED) is 0.622. The average Bonchev–Trinajstić information content (AvgIpc) is 2.34. The maximum atomic E-state index is 11.8. The average molecular weight is 146 g/mol. The molecule has 0 aromatic carbocycles. The standard InChI is InChI=1S/C6H8F2N2/c1-2-5-3-4-10(9-5)6(7)8/h3-4,6H,2H2,1H3. The molecule has 4 heteroatoms. The second kappa shape index (κ2) is 2.77. The van der Waals surface area contributed by atoms with Crippen LogP contribution in [0.25, 0.3) is 0 Å². The van der Waals surface area contributed by atoms with Crippen molar-refractivity contribution in [1.29, 1.82) is 0 Å². The summed E-state index contributed by atoms with van der Waals surface area (Å²) in [7, 11) is 0. The zero-order valence-corrected chi connectivity index (χ0v) is 5.59. The van der Waals surface area contributed by atoms with Gasteiger partial charge in [-0.05, 0) is 12.5 Å². The third-order valence-corrected chi connectivity index (χ3v) is 1.23. The van der Waals surface area contributed by atoms with Crippen LogP contribution in [-0.4, -0.2) is 9.78 Å². The molecule has 0 amide bonds. The second-order valence-electron chi connectivity index (χ2n) is 1.92. The maximum absolute atomic E-state index is 11.8. The largest absolute Gasteiger partial charge is 0.333 e. The molecule has 0 unspecified atom stereocenters. The van der Waals surface area contributed by atoms with E-state index in [-0.39, 0.29) is 0 Å². The Balaban J connectivity index is 2.78. The van der Waals surface area contributed by atoms with Gasteiger partial charge in [0.25, 0.3) is 0 Å². The summed E-state index contributed by atoms with van der Waals surface area (Å²) in [5.74, 6) is 0. The van der Waals surface area contributed by atoms with Gasteiger partial charge in [0.05, 0.1) is 5.69 Å². The van der Waals surface area contributed by atoms with Gasteiger partial charge in [-0.3, -0.25) is 0 Å². The molecule has 1 aromatic heterocycles. The van der Waals surface area contributed by atoms with E-state index < -0.39 is 6.55 Å². The summed E-state index contributed by atoms with van der Waals surface area (Å²) in [5.41, 5.74) is 0.695. The molecule has 0 fully saturated rings. The summed E-state index contributed by atoms with van der Waals surface area (Å²) in [6.45, 7) is -0.640. The molecule has 0 atom stereocenters. The Kier molecular flexibility index (Phi) is 1.99. The SMILES string of the molecule is CCc1ccn(C(F)F)n1. The van der Waals surface area contributed by atoms with Crippen molar-refractivity contribution in [2.75, 3.05) is 0 Å². The van der Waals surface area contributed by atoms with Crippen molar-refractivity contribution in [2.45, 2.75) is 19.9 Å². The fourth-order valence-corrected chi connectivity index (χ4v) is 0.675. The lowest BCUT2D eigenvalue weighted by Gasteiger charge is -1.95. The first-order chi connectivity index (χ1) is 4.74. The highest BCUT2D eigenvalue weighted by Gasteiger charge is 2.05. The minimum atomic E-state index is -2.51. The second-order valence-corrected chi connectivity index (χ2v) is 1.92. The van der Waals surface area contributed by atoms with E-state index in [0.29, 0.717) is 16.8 Å². The van der Waals surface area contributed by atoms with Crippen LogP contribution in [0.5, 0.6) is 0 Å². The van der Waals surface area contributed by atoms with Gasteiger partial charge < -0.3 is 0 Å². The molecule has 56 valence electrons. The van der Waals surface area contributed by atoms with Gasteiger partial charge in [0, 0.05) is 6.20 Å². The van der Waals surface area contributed by atoms with Crippen molar-refractivity contribution in [1.82, 2.24) is 9.78 Å². The van der Waals surface area contributed by atoms with Gasteiger partial charge in [-0.25, -0.2) is 4.68 Å². The van der Waals surface area contributed by atoms with Crippen LogP contribution in [0, 0.1) is 0 Å². The molecule has 1 rings (SSSR count). The predicted octanol–water partition coefficient (Wildman–Crippen LogP) is 1.84. The monoisotopic (exact) mass is 146 g/mol. The molecule has 0 N–H and O–H groups in total. The van der Waals surface area contributed by atoms with Crippen molar-refractivity contribution in [2.24, 2.45) is 0 Å². The first-order valence-electron chi connectivity index (χ1n) is 3.06. The first-order valence-corrected chi connectivity index (χ1v) is 3.06. The highest BCUT2D eigenvalue weighted by Crippen LogP contribution is 2.08. The summed E-state index contributed by atoms with van der Waals surface area (Å²) < 4.78 is 24.3. The number of nitrogens with zero attached hydrogens (tertiary/aromatic N) is 2. The number of hydrogen-bond donors (Lipinski definition) is 0. The van der Waals surface area contributed by atoms with Crippen LogP contribution in [0.3, 0.4) is 0 Å². The van der Waals surface area contributed by atoms with E-state index >= 15 is 0 Å². The van der Waals surface area contributed by atoms with Gasteiger partial charge in [-0.15, -0.1) is 0 Å². The Morgan fingerprint density at radius 2 is 2.40 bits per heavy atom. The molecule has 0 saturated carbocycles. The summed E-state index contributed by atoms with van der Waals surface area (Å²) in [4.78, 5) is 0. The fraction of sp³-hybridized carbons (Fsp3) is 0.500. The number of hydrogen-bond acceptors (Lipinski definition) is 1. The van der Waals surface area contributed by atoms with E-state index in [1.165, 1.54) is 6.20 Å². The summed E-state index contributed by atoms with van der Waals surface area (Å²) in [6.07, 6.45) is 1.98. The molecule has 0 saturated heterocycles. The molecule has 0 radical (unpaired) electrons. The van der Waals surface area contributed by atoms with E-state index in [1.54, 1.807) is 6.07 Å². The summed E-state index contributed by atoms with van der Waals surface area (Å²) in [6, 6.07) is 1.59. The Morgan fingerprint density at radius 1 is 1.70 bits per heavy atom. The lowest BCUT2D eigenvalue weighted by molar-refractivity contribution is 0.0562.